The maximum atomic E-state index is 5.30. The van der Waals surface area contributed by atoms with Gasteiger partial charge in [-0.15, -0.1) is 0 Å². The van der Waals surface area contributed by atoms with Crippen LogP contribution in [0.15, 0.2) is 224 Å². The number of benzene rings is 8. The van der Waals surface area contributed by atoms with Gasteiger partial charge in [-0.3, -0.25) is 4.90 Å². The highest BCUT2D eigenvalue weighted by Gasteiger charge is 2.24. The molecule has 5 heteroatoms. The van der Waals surface area contributed by atoms with Crippen molar-refractivity contribution in [2.45, 2.75) is 19.8 Å². The van der Waals surface area contributed by atoms with Crippen molar-refractivity contribution >= 4 is 76.9 Å². The number of rotatable bonds is 7. The zero-order valence-electron chi connectivity index (χ0n) is 35.9. The Morgan fingerprint density at radius 1 is 0.446 bits per heavy atom. The molecule has 4 aromatic heterocycles. The van der Waals surface area contributed by atoms with Crippen LogP contribution in [0.25, 0.3) is 93.7 Å². The van der Waals surface area contributed by atoms with Gasteiger partial charge in [0.2, 0.25) is 0 Å². The zero-order chi connectivity index (χ0) is 43.0. The SMILES string of the molecule is Cc1cc2c(cc1N(C1=CCCC=C1)c1cccc(-c3ccccc3)n1)c1ccccc1n2-c1cccc(-n2c3ccccc3c3ccc4c(c5ccccc5n4-c4ccccc4)c32)c1. The number of allylic oxidation sites excluding steroid dienone is 3. The summed E-state index contributed by atoms with van der Waals surface area (Å²) in [5.74, 6) is 0.898. The minimum absolute atomic E-state index is 0.898. The molecule has 0 bridgehead atoms. The number of pyridine rings is 1. The first-order valence-corrected chi connectivity index (χ1v) is 22.5. The van der Waals surface area contributed by atoms with Crippen molar-refractivity contribution in [3.63, 3.8) is 0 Å². The van der Waals surface area contributed by atoms with Gasteiger partial charge in [-0.1, -0.05) is 133 Å². The fraction of sp³-hybridized carbons (Fsp3) is 0.0500. The summed E-state index contributed by atoms with van der Waals surface area (Å²) in [6.07, 6.45) is 8.90. The molecule has 1 aliphatic carbocycles. The van der Waals surface area contributed by atoms with Crippen LogP contribution in [0.2, 0.25) is 0 Å². The van der Waals surface area contributed by atoms with Gasteiger partial charge in [-0.25, -0.2) is 4.98 Å². The summed E-state index contributed by atoms with van der Waals surface area (Å²) < 4.78 is 7.36. The first-order chi connectivity index (χ1) is 32.2. The second-order valence-electron chi connectivity index (χ2n) is 17.1. The lowest BCUT2D eigenvalue weighted by Gasteiger charge is -2.28. The Morgan fingerprint density at radius 3 is 1.82 bits per heavy atom. The van der Waals surface area contributed by atoms with Crippen LogP contribution in [0.5, 0.6) is 0 Å². The fourth-order valence-electron chi connectivity index (χ4n) is 10.5. The lowest BCUT2D eigenvalue weighted by Crippen LogP contribution is -2.18. The number of nitrogens with zero attached hydrogens (tertiary/aromatic N) is 5. The smallest absolute Gasteiger partial charge is 0.138 e. The van der Waals surface area contributed by atoms with Gasteiger partial charge in [-0.05, 0) is 110 Å². The van der Waals surface area contributed by atoms with E-state index in [1.54, 1.807) is 0 Å². The molecule has 0 aliphatic heterocycles. The molecule has 0 saturated carbocycles. The van der Waals surface area contributed by atoms with Crippen LogP contribution in [-0.4, -0.2) is 18.7 Å². The van der Waals surface area contributed by atoms with Crippen LogP contribution in [0.1, 0.15) is 18.4 Å². The molecule has 0 N–H and O–H groups in total. The maximum absolute atomic E-state index is 5.30. The molecule has 0 saturated heterocycles. The maximum Gasteiger partial charge on any atom is 0.138 e. The van der Waals surface area contributed by atoms with E-state index in [2.05, 4.69) is 244 Å². The number of aryl methyl sites for hydroxylation is 1. The number of hydrogen-bond donors (Lipinski definition) is 0. The first kappa shape index (κ1) is 37.2. The Bertz CT molecular complexity index is 3900. The average molecular weight is 834 g/mol. The molecule has 1 aliphatic rings. The highest BCUT2D eigenvalue weighted by molar-refractivity contribution is 6.26. The number of aromatic nitrogens is 4. The van der Waals surface area contributed by atoms with Gasteiger partial charge in [0.1, 0.15) is 5.82 Å². The third-order valence-electron chi connectivity index (χ3n) is 13.3. The van der Waals surface area contributed by atoms with Gasteiger partial charge in [-0.2, -0.15) is 0 Å². The van der Waals surface area contributed by atoms with Gasteiger partial charge in [0.25, 0.3) is 0 Å². The Balaban J connectivity index is 1.03. The second kappa shape index (κ2) is 14.9. The van der Waals surface area contributed by atoms with Crippen molar-refractivity contribution in [2.75, 3.05) is 4.90 Å². The normalized spacial score (nSPS) is 12.9. The molecule has 0 atom stereocenters. The van der Waals surface area contributed by atoms with Crippen LogP contribution in [0, 0.1) is 6.92 Å². The van der Waals surface area contributed by atoms with Gasteiger partial charge < -0.3 is 13.7 Å². The van der Waals surface area contributed by atoms with E-state index in [0.717, 1.165) is 58.4 Å². The molecule has 0 fully saturated rings. The molecule has 0 spiro atoms. The Hall–Kier alpha value is -8.41. The van der Waals surface area contributed by atoms with E-state index in [4.69, 9.17) is 4.98 Å². The van der Waals surface area contributed by atoms with Gasteiger partial charge in [0.15, 0.2) is 0 Å². The molecule has 8 aromatic carbocycles. The monoisotopic (exact) mass is 833 g/mol. The standard InChI is InChI=1S/C60H43N5/c1-40-37-57-50(39-56(40)64(43-23-9-4-10-24-43)58-34-18-30-51(61-58)41-19-5-2-6-20-41)47-28-12-14-31-52(47)63(57)44-25-17-26-45(38-44)65-53-32-15-11-27-46(53)48-35-36-55-59(60(48)65)49-29-13-16-33-54(49)62(55)42-21-7-3-8-22-42/h2-3,5-9,11-39H,4,10H2,1H3. The van der Waals surface area contributed by atoms with Crippen LogP contribution >= 0.6 is 0 Å². The summed E-state index contributed by atoms with van der Waals surface area (Å²) in [5, 5.41) is 7.37. The van der Waals surface area contributed by atoms with E-state index in [9.17, 15) is 0 Å². The summed E-state index contributed by atoms with van der Waals surface area (Å²) in [5.41, 5.74) is 16.0. The summed E-state index contributed by atoms with van der Waals surface area (Å²) in [6, 6.07) is 72.6. The molecule has 0 amide bonds. The third kappa shape index (κ3) is 5.82. The lowest BCUT2D eigenvalue weighted by atomic mass is 10.0. The van der Waals surface area contributed by atoms with Gasteiger partial charge in [0, 0.05) is 60.6 Å². The van der Waals surface area contributed by atoms with E-state index >= 15 is 0 Å². The second-order valence-corrected chi connectivity index (χ2v) is 17.1. The van der Waals surface area contributed by atoms with Crippen LogP contribution in [0.3, 0.4) is 0 Å². The number of fused-ring (bicyclic) bond motifs is 10. The molecule has 5 nitrogen and oxygen atoms in total. The minimum Gasteiger partial charge on any atom is -0.309 e. The molecule has 65 heavy (non-hydrogen) atoms. The van der Waals surface area contributed by atoms with Crippen LogP contribution in [-0.2, 0) is 0 Å². The van der Waals surface area contributed by atoms with Gasteiger partial charge in [0.05, 0.1) is 44.5 Å². The zero-order valence-corrected chi connectivity index (χ0v) is 35.9. The molecule has 12 aromatic rings. The molecule has 0 unspecified atom stereocenters. The Morgan fingerprint density at radius 2 is 1.06 bits per heavy atom. The summed E-state index contributed by atoms with van der Waals surface area (Å²) in [4.78, 5) is 7.65. The first-order valence-electron chi connectivity index (χ1n) is 22.5. The fourth-order valence-corrected chi connectivity index (χ4v) is 10.5. The van der Waals surface area contributed by atoms with E-state index in [1.165, 1.54) is 71.0 Å². The summed E-state index contributed by atoms with van der Waals surface area (Å²) >= 11 is 0. The molecular weight excluding hydrogens is 791 g/mol. The highest BCUT2D eigenvalue weighted by Crippen LogP contribution is 2.44. The average Bonchev–Trinajstić information content (AvgIpc) is 4.00. The quantitative estimate of drug-likeness (QED) is 0.160. The van der Waals surface area contributed by atoms with Gasteiger partial charge >= 0.3 is 0 Å². The van der Waals surface area contributed by atoms with E-state index in [1.807, 2.05) is 0 Å². The molecule has 308 valence electrons. The van der Waals surface area contributed by atoms with Crippen molar-refractivity contribution in [1.82, 2.24) is 18.7 Å². The van der Waals surface area contributed by atoms with Crippen LogP contribution < -0.4 is 4.90 Å². The summed E-state index contributed by atoms with van der Waals surface area (Å²) in [6.45, 7) is 2.24. The van der Waals surface area contributed by atoms with Crippen molar-refractivity contribution in [3.05, 3.63) is 230 Å². The van der Waals surface area contributed by atoms with E-state index < -0.39 is 0 Å². The Labute approximate surface area is 376 Å². The molecular formula is C60H43N5. The molecule has 4 heterocycles. The minimum atomic E-state index is 0.898. The predicted octanol–water partition coefficient (Wildman–Crippen LogP) is 15.7. The van der Waals surface area contributed by atoms with E-state index in [-0.39, 0.29) is 0 Å². The van der Waals surface area contributed by atoms with Crippen molar-refractivity contribution in [1.29, 1.82) is 0 Å². The number of hydrogen-bond acceptors (Lipinski definition) is 2. The molecule has 13 rings (SSSR count). The highest BCUT2D eigenvalue weighted by atomic mass is 15.2. The van der Waals surface area contributed by atoms with Crippen molar-refractivity contribution in [2.24, 2.45) is 0 Å². The lowest BCUT2D eigenvalue weighted by molar-refractivity contribution is 0.988. The van der Waals surface area contributed by atoms with Crippen LogP contribution in [0.4, 0.5) is 11.5 Å². The number of para-hydroxylation sites is 4. The Kier molecular flexibility index (Phi) is 8.50. The topological polar surface area (TPSA) is 30.9 Å². The molecule has 0 radical (unpaired) electrons. The largest absolute Gasteiger partial charge is 0.309 e. The number of anilines is 2. The predicted molar refractivity (Wildman–Crippen MR) is 272 cm³/mol. The van der Waals surface area contributed by atoms with E-state index in [0.29, 0.717) is 0 Å². The third-order valence-corrected chi connectivity index (χ3v) is 13.3. The van der Waals surface area contributed by atoms with Crippen molar-refractivity contribution in [3.8, 4) is 28.3 Å². The van der Waals surface area contributed by atoms with Crippen molar-refractivity contribution < 1.29 is 0 Å². The summed E-state index contributed by atoms with van der Waals surface area (Å²) in [7, 11) is 0.